The number of pyridine rings is 1. The molecule has 0 aliphatic rings. The van der Waals surface area contributed by atoms with E-state index in [1.807, 2.05) is 6.92 Å². The lowest BCUT2D eigenvalue weighted by Crippen LogP contribution is -2.15. The number of nitrogens with zero attached hydrogens (tertiary/aromatic N) is 1. The molecule has 0 aliphatic carbocycles. The quantitative estimate of drug-likeness (QED) is 0.788. The van der Waals surface area contributed by atoms with E-state index in [4.69, 9.17) is 9.47 Å². The van der Waals surface area contributed by atoms with E-state index in [2.05, 4.69) is 17.2 Å². The van der Waals surface area contributed by atoms with Crippen LogP contribution in [0, 0.1) is 0 Å². The first kappa shape index (κ1) is 14.3. The van der Waals surface area contributed by atoms with Gasteiger partial charge in [0.25, 0.3) is 0 Å². The Kier molecular flexibility index (Phi) is 5.42. The van der Waals surface area contributed by atoms with Crippen LogP contribution in [0.4, 0.5) is 5.82 Å². The average molecular weight is 252 g/mol. The summed E-state index contributed by atoms with van der Waals surface area (Å²) in [5.41, 5.74) is 0.439. The van der Waals surface area contributed by atoms with E-state index in [1.54, 1.807) is 19.1 Å². The van der Waals surface area contributed by atoms with Crippen LogP contribution < -0.4 is 10.1 Å². The highest BCUT2D eigenvalue weighted by Crippen LogP contribution is 2.18. The fourth-order valence-corrected chi connectivity index (χ4v) is 1.37. The number of aromatic nitrogens is 1. The van der Waals surface area contributed by atoms with Crippen molar-refractivity contribution in [2.45, 2.75) is 33.2 Å². The predicted molar refractivity (Wildman–Crippen MR) is 70.1 cm³/mol. The molecule has 0 aliphatic heterocycles. The fraction of sp³-hybridized carbons (Fsp3) is 0.538. The van der Waals surface area contributed by atoms with E-state index in [-0.39, 0.29) is 12.0 Å². The number of hydrogen-bond donors (Lipinski definition) is 1. The number of methoxy groups -OCH3 is 1. The molecule has 1 heterocycles. The van der Waals surface area contributed by atoms with E-state index in [1.165, 1.54) is 7.11 Å². The van der Waals surface area contributed by atoms with E-state index in [0.717, 1.165) is 6.42 Å². The highest BCUT2D eigenvalue weighted by molar-refractivity contribution is 5.90. The number of ether oxygens (including phenoxy) is 2. The van der Waals surface area contributed by atoms with Gasteiger partial charge in [0.05, 0.1) is 19.3 Å². The van der Waals surface area contributed by atoms with Crippen molar-refractivity contribution in [1.82, 2.24) is 4.98 Å². The zero-order valence-corrected chi connectivity index (χ0v) is 11.3. The zero-order chi connectivity index (χ0) is 13.5. The van der Waals surface area contributed by atoms with Crippen LogP contribution in [-0.2, 0) is 4.74 Å². The van der Waals surface area contributed by atoms with Crippen molar-refractivity contribution in [2.75, 3.05) is 19.0 Å². The second-order valence-electron chi connectivity index (χ2n) is 3.96. The SMILES string of the molecule is CCOC(=O)c1cc(NC(C)CC)nc(OC)c1. The van der Waals surface area contributed by atoms with Gasteiger partial charge in [-0.1, -0.05) is 6.92 Å². The summed E-state index contributed by atoms with van der Waals surface area (Å²) in [6.45, 7) is 6.24. The number of carbonyl (C=O) groups is 1. The van der Waals surface area contributed by atoms with Crippen LogP contribution >= 0.6 is 0 Å². The fourth-order valence-electron chi connectivity index (χ4n) is 1.37. The summed E-state index contributed by atoms with van der Waals surface area (Å²) in [5.74, 6) is 0.642. The molecule has 5 nitrogen and oxygen atoms in total. The Labute approximate surface area is 108 Å². The van der Waals surface area contributed by atoms with Crippen LogP contribution in [0.15, 0.2) is 12.1 Å². The molecule has 0 spiro atoms. The van der Waals surface area contributed by atoms with Crippen LogP contribution in [0.5, 0.6) is 5.88 Å². The summed E-state index contributed by atoms with van der Waals surface area (Å²) in [7, 11) is 1.52. The van der Waals surface area contributed by atoms with Crippen molar-refractivity contribution < 1.29 is 14.3 Å². The van der Waals surface area contributed by atoms with Gasteiger partial charge in [-0.25, -0.2) is 4.79 Å². The maximum Gasteiger partial charge on any atom is 0.338 e. The van der Waals surface area contributed by atoms with Gasteiger partial charge < -0.3 is 14.8 Å². The molecule has 0 fully saturated rings. The molecule has 0 amide bonds. The van der Waals surface area contributed by atoms with E-state index < -0.39 is 0 Å². The number of hydrogen-bond acceptors (Lipinski definition) is 5. The maximum absolute atomic E-state index is 11.7. The van der Waals surface area contributed by atoms with Gasteiger partial charge in [-0.05, 0) is 26.3 Å². The summed E-state index contributed by atoms with van der Waals surface area (Å²) >= 11 is 0. The maximum atomic E-state index is 11.7. The minimum Gasteiger partial charge on any atom is -0.481 e. The van der Waals surface area contributed by atoms with Gasteiger partial charge in [0.1, 0.15) is 5.82 Å². The molecular formula is C13H20N2O3. The molecule has 0 radical (unpaired) electrons. The molecule has 1 unspecified atom stereocenters. The predicted octanol–water partition coefficient (Wildman–Crippen LogP) is 2.48. The summed E-state index contributed by atoms with van der Waals surface area (Å²) in [5, 5.41) is 3.20. The third-order valence-electron chi connectivity index (χ3n) is 2.53. The molecule has 0 saturated heterocycles. The standard InChI is InChI=1S/C13H20N2O3/c1-5-9(3)14-11-7-10(13(16)18-6-2)8-12(15-11)17-4/h7-9H,5-6H2,1-4H3,(H,14,15). The molecule has 18 heavy (non-hydrogen) atoms. The minimum absolute atomic E-state index is 0.277. The van der Waals surface area contributed by atoms with Crippen LogP contribution in [0.25, 0.3) is 0 Å². The molecule has 1 rings (SSSR count). The van der Waals surface area contributed by atoms with Gasteiger partial charge in [-0.3, -0.25) is 0 Å². The lowest BCUT2D eigenvalue weighted by molar-refractivity contribution is 0.0526. The molecule has 5 heteroatoms. The van der Waals surface area contributed by atoms with E-state index in [0.29, 0.717) is 23.9 Å². The Morgan fingerprint density at radius 1 is 1.44 bits per heavy atom. The first-order chi connectivity index (χ1) is 8.60. The van der Waals surface area contributed by atoms with Crippen molar-refractivity contribution in [3.05, 3.63) is 17.7 Å². The third-order valence-corrected chi connectivity index (χ3v) is 2.53. The largest absolute Gasteiger partial charge is 0.481 e. The number of carbonyl (C=O) groups excluding carboxylic acids is 1. The molecule has 1 N–H and O–H groups in total. The lowest BCUT2D eigenvalue weighted by Gasteiger charge is -2.14. The van der Waals surface area contributed by atoms with E-state index >= 15 is 0 Å². The number of esters is 1. The molecule has 0 aromatic carbocycles. The smallest absolute Gasteiger partial charge is 0.338 e. The van der Waals surface area contributed by atoms with Crippen molar-refractivity contribution >= 4 is 11.8 Å². The Bertz CT molecular complexity index is 407. The van der Waals surface area contributed by atoms with Crippen LogP contribution in [0.1, 0.15) is 37.6 Å². The summed E-state index contributed by atoms with van der Waals surface area (Å²) < 4.78 is 10.0. The summed E-state index contributed by atoms with van der Waals surface area (Å²) in [6, 6.07) is 3.52. The van der Waals surface area contributed by atoms with Crippen LogP contribution in [-0.4, -0.2) is 30.7 Å². The average Bonchev–Trinajstić information content (AvgIpc) is 2.38. The summed E-state index contributed by atoms with van der Waals surface area (Å²) in [6.07, 6.45) is 0.966. The van der Waals surface area contributed by atoms with Gasteiger partial charge in [-0.15, -0.1) is 0 Å². The van der Waals surface area contributed by atoms with Gasteiger partial charge in [0, 0.05) is 12.1 Å². The molecule has 0 saturated carbocycles. The van der Waals surface area contributed by atoms with E-state index in [9.17, 15) is 4.79 Å². The first-order valence-electron chi connectivity index (χ1n) is 6.10. The van der Waals surface area contributed by atoms with Crippen LogP contribution in [0.2, 0.25) is 0 Å². The van der Waals surface area contributed by atoms with Crippen molar-refractivity contribution in [3.8, 4) is 5.88 Å². The second-order valence-corrected chi connectivity index (χ2v) is 3.96. The number of nitrogens with one attached hydrogen (secondary N) is 1. The second kappa shape index (κ2) is 6.83. The van der Waals surface area contributed by atoms with Crippen molar-refractivity contribution in [1.29, 1.82) is 0 Å². The van der Waals surface area contributed by atoms with Gasteiger partial charge >= 0.3 is 5.97 Å². The van der Waals surface area contributed by atoms with Gasteiger partial charge in [0.15, 0.2) is 0 Å². The molecule has 1 atom stereocenters. The third kappa shape index (κ3) is 3.91. The number of rotatable bonds is 6. The Hall–Kier alpha value is -1.78. The topological polar surface area (TPSA) is 60.5 Å². The van der Waals surface area contributed by atoms with Crippen molar-refractivity contribution in [3.63, 3.8) is 0 Å². The highest BCUT2D eigenvalue weighted by atomic mass is 16.5. The summed E-state index contributed by atoms with van der Waals surface area (Å²) in [4.78, 5) is 15.9. The Morgan fingerprint density at radius 2 is 2.17 bits per heavy atom. The van der Waals surface area contributed by atoms with Crippen LogP contribution in [0.3, 0.4) is 0 Å². The van der Waals surface area contributed by atoms with Gasteiger partial charge in [0.2, 0.25) is 5.88 Å². The normalized spacial score (nSPS) is 11.8. The Morgan fingerprint density at radius 3 is 2.72 bits per heavy atom. The zero-order valence-electron chi connectivity index (χ0n) is 11.3. The molecule has 100 valence electrons. The molecular weight excluding hydrogens is 232 g/mol. The molecule has 1 aromatic rings. The molecule has 1 aromatic heterocycles. The lowest BCUT2D eigenvalue weighted by atomic mass is 10.2. The van der Waals surface area contributed by atoms with Crippen molar-refractivity contribution in [2.24, 2.45) is 0 Å². The molecule has 0 bridgehead atoms. The first-order valence-corrected chi connectivity index (χ1v) is 6.10. The number of anilines is 1. The Balaban J connectivity index is 2.97. The highest BCUT2D eigenvalue weighted by Gasteiger charge is 2.12. The minimum atomic E-state index is -0.370. The van der Waals surface area contributed by atoms with Gasteiger partial charge in [-0.2, -0.15) is 4.98 Å². The monoisotopic (exact) mass is 252 g/mol.